The number of carbonyl (C=O) groups is 3. The predicted octanol–water partition coefficient (Wildman–Crippen LogP) is 3.68. The first-order chi connectivity index (χ1) is 14.9. The minimum Gasteiger partial charge on any atom is -0.467 e. The van der Waals surface area contributed by atoms with E-state index in [9.17, 15) is 14.4 Å². The molecule has 0 aliphatic rings. The fraction of sp³-hybridized carbons (Fsp3) is 0.400. The van der Waals surface area contributed by atoms with Crippen LogP contribution in [0, 0.1) is 11.8 Å². The largest absolute Gasteiger partial charge is 0.467 e. The molecule has 6 heteroatoms. The van der Waals surface area contributed by atoms with E-state index in [4.69, 9.17) is 9.47 Å². The highest BCUT2D eigenvalue weighted by Crippen LogP contribution is 2.16. The molecule has 0 fully saturated rings. The van der Waals surface area contributed by atoms with E-state index in [0.29, 0.717) is 12.8 Å². The maximum Gasteiger partial charge on any atom is 0.328 e. The predicted molar refractivity (Wildman–Crippen MR) is 118 cm³/mol. The number of rotatable bonds is 11. The first-order valence-electron chi connectivity index (χ1n) is 10.5. The summed E-state index contributed by atoms with van der Waals surface area (Å²) < 4.78 is 10.2. The molecule has 0 spiro atoms. The van der Waals surface area contributed by atoms with E-state index >= 15 is 0 Å². The van der Waals surface area contributed by atoms with Crippen molar-refractivity contribution < 1.29 is 23.9 Å². The van der Waals surface area contributed by atoms with Gasteiger partial charge in [0, 0.05) is 0 Å². The minimum atomic E-state index is -0.754. The summed E-state index contributed by atoms with van der Waals surface area (Å²) in [5.41, 5.74) is 1.81. The van der Waals surface area contributed by atoms with E-state index < -0.39 is 23.9 Å². The van der Waals surface area contributed by atoms with E-state index in [-0.39, 0.29) is 24.9 Å². The zero-order valence-corrected chi connectivity index (χ0v) is 18.4. The van der Waals surface area contributed by atoms with Crippen LogP contribution < -0.4 is 5.32 Å². The first-order valence-corrected chi connectivity index (χ1v) is 10.5. The quantitative estimate of drug-likeness (QED) is 0.556. The van der Waals surface area contributed by atoms with E-state index in [2.05, 4.69) is 5.32 Å². The number of methoxy groups -OCH3 is 1. The summed E-state index contributed by atoms with van der Waals surface area (Å²) in [4.78, 5) is 37.6. The Labute approximate surface area is 183 Å². The maximum atomic E-state index is 13.0. The Morgan fingerprint density at radius 3 is 2.03 bits per heavy atom. The SMILES string of the molecule is COC(=O)[C@@H](CC(C)C)NC(=O)[C@H](CC(=O)OCc1ccccc1)Cc1ccccc1. The van der Waals surface area contributed by atoms with Crippen molar-refractivity contribution in [2.45, 2.75) is 45.8 Å². The van der Waals surface area contributed by atoms with E-state index in [1.807, 2.05) is 74.5 Å². The van der Waals surface area contributed by atoms with Crippen LogP contribution in [0.5, 0.6) is 0 Å². The van der Waals surface area contributed by atoms with Crippen LogP contribution in [0.4, 0.5) is 0 Å². The summed E-state index contributed by atoms with van der Waals surface area (Å²) in [6, 6.07) is 18.1. The highest BCUT2D eigenvalue weighted by molar-refractivity contribution is 5.88. The number of esters is 2. The van der Waals surface area contributed by atoms with Crippen molar-refractivity contribution in [3.63, 3.8) is 0 Å². The van der Waals surface area contributed by atoms with Gasteiger partial charge in [-0.25, -0.2) is 4.79 Å². The Balaban J connectivity index is 2.08. The first kappa shape index (κ1) is 24.1. The number of carbonyl (C=O) groups excluding carboxylic acids is 3. The molecular formula is C25H31NO5. The van der Waals surface area contributed by atoms with Crippen LogP contribution >= 0.6 is 0 Å². The standard InChI is InChI=1S/C25H31NO5/c1-18(2)14-22(25(29)30-3)26-24(28)21(15-19-10-6-4-7-11-19)16-23(27)31-17-20-12-8-5-9-13-20/h4-13,18,21-22H,14-17H2,1-3H3,(H,26,28)/t21-,22+/m0/s1. The van der Waals surface area contributed by atoms with Gasteiger partial charge in [-0.3, -0.25) is 9.59 Å². The molecule has 6 nitrogen and oxygen atoms in total. The van der Waals surface area contributed by atoms with Crippen LogP contribution in [-0.2, 0) is 36.9 Å². The van der Waals surface area contributed by atoms with Crippen LogP contribution in [0.25, 0.3) is 0 Å². The topological polar surface area (TPSA) is 81.7 Å². The zero-order chi connectivity index (χ0) is 22.6. The third kappa shape index (κ3) is 8.62. The molecule has 0 saturated heterocycles. The van der Waals surface area contributed by atoms with Gasteiger partial charge in [0.15, 0.2) is 0 Å². The van der Waals surface area contributed by atoms with Gasteiger partial charge in [0.2, 0.25) is 5.91 Å². The van der Waals surface area contributed by atoms with Crippen molar-refractivity contribution in [3.05, 3.63) is 71.8 Å². The van der Waals surface area contributed by atoms with Gasteiger partial charge < -0.3 is 14.8 Å². The van der Waals surface area contributed by atoms with Crippen LogP contribution in [0.2, 0.25) is 0 Å². The molecule has 0 unspecified atom stereocenters. The summed E-state index contributed by atoms with van der Waals surface area (Å²) in [5, 5.41) is 2.78. The molecule has 0 saturated carbocycles. The monoisotopic (exact) mass is 425 g/mol. The van der Waals surface area contributed by atoms with Gasteiger partial charge >= 0.3 is 11.9 Å². The van der Waals surface area contributed by atoms with E-state index in [0.717, 1.165) is 11.1 Å². The molecule has 0 aliphatic heterocycles. The lowest BCUT2D eigenvalue weighted by Gasteiger charge is -2.22. The highest BCUT2D eigenvalue weighted by atomic mass is 16.5. The van der Waals surface area contributed by atoms with Crippen molar-refractivity contribution in [3.8, 4) is 0 Å². The molecule has 0 bridgehead atoms. The lowest BCUT2D eigenvalue weighted by atomic mass is 9.94. The second-order valence-electron chi connectivity index (χ2n) is 7.95. The van der Waals surface area contributed by atoms with Crippen LogP contribution in [0.15, 0.2) is 60.7 Å². The summed E-state index contributed by atoms with van der Waals surface area (Å²) in [5.74, 6) is -1.79. The lowest BCUT2D eigenvalue weighted by molar-refractivity contribution is -0.149. The van der Waals surface area contributed by atoms with E-state index in [1.165, 1.54) is 7.11 Å². The number of ether oxygens (including phenoxy) is 2. The van der Waals surface area contributed by atoms with Gasteiger partial charge in [-0.1, -0.05) is 74.5 Å². The lowest BCUT2D eigenvalue weighted by Crippen LogP contribution is -2.45. The third-order valence-corrected chi connectivity index (χ3v) is 4.86. The minimum absolute atomic E-state index is 0.0802. The Morgan fingerprint density at radius 2 is 1.48 bits per heavy atom. The molecule has 0 aliphatic carbocycles. The molecule has 1 N–H and O–H groups in total. The fourth-order valence-electron chi connectivity index (χ4n) is 3.27. The van der Waals surface area contributed by atoms with Gasteiger partial charge in [-0.05, 0) is 29.9 Å². The van der Waals surface area contributed by atoms with Gasteiger partial charge in [0.05, 0.1) is 19.4 Å². The normalized spacial score (nSPS) is 12.6. The second-order valence-corrected chi connectivity index (χ2v) is 7.95. The van der Waals surface area contributed by atoms with Crippen LogP contribution in [0.3, 0.4) is 0 Å². The Morgan fingerprint density at radius 1 is 0.903 bits per heavy atom. The third-order valence-electron chi connectivity index (χ3n) is 4.86. The van der Waals surface area contributed by atoms with Gasteiger partial charge in [-0.15, -0.1) is 0 Å². The molecule has 2 atom stereocenters. The summed E-state index contributed by atoms with van der Waals surface area (Å²) in [6.07, 6.45) is 0.737. The molecule has 2 aromatic carbocycles. The van der Waals surface area contributed by atoms with Crippen LogP contribution in [0.1, 0.15) is 37.8 Å². The van der Waals surface area contributed by atoms with Crippen molar-refractivity contribution in [1.82, 2.24) is 5.32 Å². The summed E-state index contributed by atoms with van der Waals surface area (Å²) in [6.45, 7) is 4.08. The molecule has 0 aromatic heterocycles. The molecule has 0 radical (unpaired) electrons. The van der Waals surface area contributed by atoms with Crippen molar-refractivity contribution in [2.24, 2.45) is 11.8 Å². The van der Waals surface area contributed by atoms with Crippen LogP contribution in [-0.4, -0.2) is 31.0 Å². The molecule has 2 rings (SSSR count). The van der Waals surface area contributed by atoms with Crippen molar-refractivity contribution in [1.29, 1.82) is 0 Å². The number of hydrogen-bond donors (Lipinski definition) is 1. The smallest absolute Gasteiger partial charge is 0.328 e. The van der Waals surface area contributed by atoms with Crippen molar-refractivity contribution in [2.75, 3.05) is 7.11 Å². The molecule has 0 heterocycles. The average molecular weight is 426 g/mol. The Hall–Kier alpha value is -3.15. The summed E-state index contributed by atoms with van der Waals surface area (Å²) in [7, 11) is 1.30. The Kier molecular flexibility index (Phi) is 9.75. The molecule has 1 amide bonds. The number of benzene rings is 2. The molecule has 2 aromatic rings. The van der Waals surface area contributed by atoms with Crippen molar-refractivity contribution >= 4 is 17.8 Å². The average Bonchev–Trinajstić information content (AvgIpc) is 2.77. The zero-order valence-electron chi connectivity index (χ0n) is 18.4. The number of amides is 1. The van der Waals surface area contributed by atoms with Gasteiger partial charge in [0.1, 0.15) is 12.6 Å². The summed E-state index contributed by atoms with van der Waals surface area (Å²) >= 11 is 0. The van der Waals surface area contributed by atoms with Gasteiger partial charge in [0.25, 0.3) is 0 Å². The molecule has 31 heavy (non-hydrogen) atoms. The maximum absolute atomic E-state index is 13.0. The van der Waals surface area contributed by atoms with E-state index in [1.54, 1.807) is 0 Å². The number of hydrogen-bond acceptors (Lipinski definition) is 5. The Bertz CT molecular complexity index is 836. The fourth-order valence-corrected chi connectivity index (χ4v) is 3.27. The molecule has 166 valence electrons. The molecular weight excluding hydrogens is 394 g/mol. The second kappa shape index (κ2) is 12.5. The van der Waals surface area contributed by atoms with Gasteiger partial charge in [-0.2, -0.15) is 0 Å². The highest BCUT2D eigenvalue weighted by Gasteiger charge is 2.29. The number of nitrogens with one attached hydrogen (secondary N) is 1.